The molecule has 0 fully saturated rings. The van der Waals surface area contributed by atoms with E-state index in [1.54, 1.807) is 11.1 Å². The molecular weight excluding hydrogens is 366 g/mol. The lowest BCUT2D eigenvalue weighted by Crippen LogP contribution is -2.45. The van der Waals surface area contributed by atoms with Crippen molar-refractivity contribution in [2.45, 2.75) is 85.7 Å². The van der Waals surface area contributed by atoms with Gasteiger partial charge in [-0.25, -0.2) is 0 Å². The van der Waals surface area contributed by atoms with E-state index in [0.717, 1.165) is 38.5 Å². The van der Waals surface area contributed by atoms with E-state index in [9.17, 15) is 5.11 Å². The molecule has 2 aromatic rings. The molecule has 4 rings (SSSR count). The summed E-state index contributed by atoms with van der Waals surface area (Å²) < 4.78 is 0. The summed E-state index contributed by atoms with van der Waals surface area (Å²) in [5.41, 5.74) is 7.38. The first-order valence-electron chi connectivity index (χ1n) is 11.8. The minimum Gasteiger partial charge on any atom is -0.392 e. The predicted octanol–water partition coefficient (Wildman–Crippen LogP) is 7.35. The van der Waals surface area contributed by atoms with Crippen LogP contribution in [0.4, 0.5) is 0 Å². The molecule has 2 heteroatoms. The Bertz CT molecular complexity index is 975. The average molecular weight is 406 g/mol. The summed E-state index contributed by atoms with van der Waals surface area (Å²) in [4.78, 5) is 3.48. The second-order valence-electron chi connectivity index (χ2n) is 10.6. The summed E-state index contributed by atoms with van der Waals surface area (Å²) in [7, 11) is 0. The minimum atomic E-state index is -0.215. The maximum Gasteiger partial charge on any atom is 0.0634 e. The molecule has 2 unspecified atom stereocenters. The molecular formula is C28H39NO. The summed E-state index contributed by atoms with van der Waals surface area (Å²) in [6.07, 6.45) is 11.9. The fraction of sp³-hybridized carbons (Fsp3) is 0.571. The Morgan fingerprint density at radius 2 is 1.80 bits per heavy atom. The highest BCUT2D eigenvalue weighted by atomic mass is 16.3. The van der Waals surface area contributed by atoms with E-state index >= 15 is 0 Å². The number of aliphatic hydroxyl groups excluding tert-OH is 1. The first kappa shape index (κ1) is 21.4. The number of hydrogen-bond donors (Lipinski definition) is 2. The third-order valence-corrected chi connectivity index (χ3v) is 8.51. The Kier molecular flexibility index (Phi) is 5.74. The van der Waals surface area contributed by atoms with Crippen LogP contribution in [0.15, 0.2) is 53.3 Å². The van der Waals surface area contributed by atoms with Crippen molar-refractivity contribution in [3.05, 3.63) is 58.8 Å². The lowest BCUT2D eigenvalue weighted by atomic mass is 9.53. The number of aromatic nitrogens is 1. The molecule has 4 atom stereocenters. The zero-order valence-corrected chi connectivity index (χ0v) is 19.5. The van der Waals surface area contributed by atoms with Gasteiger partial charge >= 0.3 is 0 Å². The van der Waals surface area contributed by atoms with E-state index in [-0.39, 0.29) is 16.9 Å². The topological polar surface area (TPSA) is 36.0 Å². The van der Waals surface area contributed by atoms with Gasteiger partial charge in [0.15, 0.2) is 0 Å². The molecule has 30 heavy (non-hydrogen) atoms. The van der Waals surface area contributed by atoms with E-state index in [2.05, 4.69) is 76.1 Å². The van der Waals surface area contributed by atoms with Gasteiger partial charge in [0.2, 0.25) is 0 Å². The van der Waals surface area contributed by atoms with Crippen LogP contribution in [0, 0.1) is 16.7 Å². The van der Waals surface area contributed by atoms with E-state index in [1.165, 1.54) is 28.5 Å². The first-order chi connectivity index (χ1) is 14.3. The highest BCUT2D eigenvalue weighted by molar-refractivity contribution is 5.83. The fourth-order valence-corrected chi connectivity index (χ4v) is 6.27. The highest BCUT2D eigenvalue weighted by Gasteiger charge is 2.48. The fourth-order valence-electron chi connectivity index (χ4n) is 6.27. The number of fused-ring (bicyclic) bond motifs is 1. The zero-order valence-electron chi connectivity index (χ0n) is 19.5. The van der Waals surface area contributed by atoms with Gasteiger partial charge in [0.25, 0.3) is 0 Å². The third kappa shape index (κ3) is 3.58. The van der Waals surface area contributed by atoms with E-state index < -0.39 is 0 Å². The number of aromatic amines is 1. The Hall–Kier alpha value is -1.80. The third-order valence-electron chi connectivity index (χ3n) is 8.51. The lowest BCUT2D eigenvalue weighted by Gasteiger charge is -2.52. The molecule has 0 amide bonds. The van der Waals surface area contributed by atoms with Crippen LogP contribution in [0.3, 0.4) is 0 Å². The molecule has 2 aliphatic rings. The predicted molar refractivity (Wildman–Crippen MR) is 128 cm³/mol. The molecule has 2 N–H and O–H groups in total. The van der Waals surface area contributed by atoms with Crippen molar-refractivity contribution >= 4 is 10.9 Å². The molecule has 0 bridgehead atoms. The average Bonchev–Trinajstić information content (AvgIpc) is 3.10. The number of para-hydroxylation sites is 1. The van der Waals surface area contributed by atoms with Gasteiger partial charge in [-0.05, 0) is 81.8 Å². The second kappa shape index (κ2) is 8.04. The largest absolute Gasteiger partial charge is 0.392 e. The Balaban J connectivity index is 1.73. The molecule has 2 nitrogen and oxygen atoms in total. The van der Waals surface area contributed by atoms with E-state index in [0.29, 0.717) is 5.92 Å². The number of allylic oxidation sites excluding steroid dienone is 3. The van der Waals surface area contributed by atoms with Crippen LogP contribution < -0.4 is 0 Å². The zero-order chi connectivity index (χ0) is 21.5. The molecule has 1 heterocycles. The van der Waals surface area contributed by atoms with Crippen LogP contribution >= 0.6 is 0 Å². The van der Waals surface area contributed by atoms with Crippen molar-refractivity contribution in [1.29, 1.82) is 0 Å². The van der Waals surface area contributed by atoms with Crippen LogP contribution in [0.25, 0.3) is 10.9 Å². The quantitative estimate of drug-likeness (QED) is 0.501. The normalized spacial score (nSPS) is 31.7. The van der Waals surface area contributed by atoms with Gasteiger partial charge in [0.05, 0.1) is 6.10 Å². The summed E-state index contributed by atoms with van der Waals surface area (Å²) in [5, 5.41) is 12.5. The maximum absolute atomic E-state index is 11.1. The molecule has 0 aliphatic heterocycles. The molecule has 1 aromatic heterocycles. The molecule has 0 radical (unpaired) electrons. The maximum atomic E-state index is 11.1. The molecule has 0 spiro atoms. The number of rotatable bonds is 5. The minimum absolute atomic E-state index is 0.0822. The number of benzene rings is 1. The van der Waals surface area contributed by atoms with Crippen LogP contribution in [0.2, 0.25) is 0 Å². The van der Waals surface area contributed by atoms with Crippen molar-refractivity contribution in [3.8, 4) is 0 Å². The van der Waals surface area contributed by atoms with Crippen LogP contribution in [0.1, 0.15) is 78.7 Å². The Morgan fingerprint density at radius 1 is 1.10 bits per heavy atom. The summed E-state index contributed by atoms with van der Waals surface area (Å²) >= 11 is 0. The standard InChI is InChI=1S/C28H39NO/c1-19(2)9-8-16-27(4)23-13-12-20(3)28(5,24(23)14-15-26(27)30)17-21-18-29-25-11-7-6-10-22(21)25/h6-7,9-11,18,20,26,29-30H,8,12-17H2,1-5H3/t20?,26?,27-,28+/m1/s1. The Labute approximate surface area is 182 Å². The number of aliphatic hydroxyl groups is 1. The Morgan fingerprint density at radius 3 is 2.57 bits per heavy atom. The van der Waals surface area contributed by atoms with Gasteiger partial charge in [-0.2, -0.15) is 0 Å². The number of H-pyrrole nitrogens is 1. The molecule has 162 valence electrons. The summed E-state index contributed by atoms with van der Waals surface area (Å²) in [6.45, 7) is 11.6. The van der Waals surface area contributed by atoms with Crippen molar-refractivity contribution in [2.75, 3.05) is 0 Å². The van der Waals surface area contributed by atoms with Gasteiger partial charge in [-0.15, -0.1) is 0 Å². The SMILES string of the molecule is CC(C)=CCC[C@]1(C)C2=C(CCC1O)[C@@](C)(Cc1c[nH]c3ccccc13)C(C)CC2. The van der Waals surface area contributed by atoms with Gasteiger partial charge in [0.1, 0.15) is 0 Å². The van der Waals surface area contributed by atoms with E-state index in [4.69, 9.17) is 0 Å². The highest BCUT2D eigenvalue weighted by Crippen LogP contribution is 2.57. The van der Waals surface area contributed by atoms with Crippen molar-refractivity contribution in [3.63, 3.8) is 0 Å². The van der Waals surface area contributed by atoms with Gasteiger partial charge < -0.3 is 10.1 Å². The monoisotopic (exact) mass is 405 g/mol. The van der Waals surface area contributed by atoms with Crippen LogP contribution in [-0.4, -0.2) is 16.2 Å². The van der Waals surface area contributed by atoms with Crippen molar-refractivity contribution < 1.29 is 5.11 Å². The second-order valence-corrected chi connectivity index (χ2v) is 10.6. The summed E-state index contributed by atoms with van der Waals surface area (Å²) in [5.74, 6) is 0.655. The lowest BCUT2D eigenvalue weighted by molar-refractivity contribution is 0.0249. The van der Waals surface area contributed by atoms with Crippen molar-refractivity contribution in [2.24, 2.45) is 16.7 Å². The summed E-state index contributed by atoms with van der Waals surface area (Å²) in [6, 6.07) is 8.68. The number of nitrogens with one attached hydrogen (secondary N) is 1. The van der Waals surface area contributed by atoms with Crippen LogP contribution in [0.5, 0.6) is 0 Å². The molecule has 0 saturated heterocycles. The van der Waals surface area contributed by atoms with E-state index in [1.807, 2.05) is 0 Å². The van der Waals surface area contributed by atoms with Crippen LogP contribution in [-0.2, 0) is 6.42 Å². The van der Waals surface area contributed by atoms with Crippen molar-refractivity contribution in [1.82, 2.24) is 4.98 Å². The van der Waals surface area contributed by atoms with Gasteiger partial charge in [0, 0.05) is 22.5 Å². The molecule has 0 saturated carbocycles. The van der Waals surface area contributed by atoms with Gasteiger partial charge in [-0.3, -0.25) is 0 Å². The van der Waals surface area contributed by atoms with Gasteiger partial charge in [-0.1, -0.05) is 61.8 Å². The molecule has 1 aromatic carbocycles. The number of hydrogen-bond acceptors (Lipinski definition) is 1. The first-order valence-corrected chi connectivity index (χ1v) is 11.8. The smallest absolute Gasteiger partial charge is 0.0634 e. The molecule has 2 aliphatic carbocycles.